The molecule has 2 heterocycles. The van der Waals surface area contributed by atoms with Crippen molar-refractivity contribution >= 4 is 23.1 Å². The van der Waals surface area contributed by atoms with Crippen LogP contribution >= 0.6 is 23.1 Å². The van der Waals surface area contributed by atoms with E-state index in [1.807, 2.05) is 17.5 Å². The highest BCUT2D eigenvalue weighted by molar-refractivity contribution is 7.98. The maximum atomic E-state index is 13.6. The number of hydrogen-bond acceptors (Lipinski definition) is 5. The lowest BCUT2D eigenvalue weighted by atomic mass is 10.2. The fourth-order valence-corrected chi connectivity index (χ4v) is 3.29. The average Bonchev–Trinajstić information content (AvgIpc) is 3.13. The van der Waals surface area contributed by atoms with Gasteiger partial charge < -0.3 is 0 Å². The van der Waals surface area contributed by atoms with E-state index < -0.39 is 11.6 Å². The van der Waals surface area contributed by atoms with Gasteiger partial charge in [0.25, 0.3) is 0 Å². The molecule has 0 amide bonds. The van der Waals surface area contributed by atoms with Crippen LogP contribution in [-0.2, 0) is 12.3 Å². The average molecular weight is 324 g/mol. The Labute approximate surface area is 127 Å². The van der Waals surface area contributed by atoms with Crippen molar-refractivity contribution in [3.63, 3.8) is 0 Å². The minimum absolute atomic E-state index is 0.272. The van der Waals surface area contributed by atoms with Crippen LogP contribution in [0.4, 0.5) is 8.78 Å². The topological polar surface area (TPSA) is 43.6 Å². The van der Waals surface area contributed by atoms with Gasteiger partial charge in [-0.25, -0.2) is 13.5 Å². The van der Waals surface area contributed by atoms with E-state index in [2.05, 4.69) is 15.5 Å². The van der Waals surface area contributed by atoms with Gasteiger partial charge in [-0.3, -0.25) is 0 Å². The van der Waals surface area contributed by atoms with Crippen LogP contribution in [-0.4, -0.2) is 20.2 Å². The molecule has 0 N–H and O–H groups in total. The van der Waals surface area contributed by atoms with E-state index in [9.17, 15) is 8.78 Å². The van der Waals surface area contributed by atoms with E-state index in [0.717, 1.165) is 10.9 Å². The fraction of sp³-hybridized carbons (Fsp3) is 0.154. The van der Waals surface area contributed by atoms with Crippen LogP contribution in [0.1, 0.15) is 10.4 Å². The molecule has 0 radical (unpaired) electrons. The highest BCUT2D eigenvalue weighted by atomic mass is 32.2. The van der Waals surface area contributed by atoms with Crippen molar-refractivity contribution in [2.45, 2.75) is 17.5 Å². The predicted octanol–water partition coefficient (Wildman–Crippen LogP) is 3.35. The number of thioether (sulfide) groups is 1. The predicted molar refractivity (Wildman–Crippen MR) is 77.2 cm³/mol. The molecule has 2 aromatic heterocycles. The standard InChI is InChI=1S/C13H10F2N4S2/c14-11-5-1-3-9(12(11)15)8-21-13-16-17-18-19(13)7-10-4-2-6-20-10/h1-6H,7-8H2. The second kappa shape index (κ2) is 6.31. The molecule has 1 aromatic carbocycles. The van der Waals surface area contributed by atoms with Gasteiger partial charge in [-0.05, 0) is 27.9 Å². The van der Waals surface area contributed by atoms with Gasteiger partial charge in [0.2, 0.25) is 5.16 Å². The molecule has 0 saturated carbocycles. The maximum Gasteiger partial charge on any atom is 0.209 e. The molecule has 8 heteroatoms. The van der Waals surface area contributed by atoms with Crippen LogP contribution in [0.25, 0.3) is 0 Å². The van der Waals surface area contributed by atoms with Crippen LogP contribution in [0.5, 0.6) is 0 Å². The zero-order valence-electron chi connectivity index (χ0n) is 10.7. The summed E-state index contributed by atoms with van der Waals surface area (Å²) in [5.41, 5.74) is 0.297. The first kappa shape index (κ1) is 14.2. The van der Waals surface area contributed by atoms with Crippen LogP contribution in [0, 0.1) is 11.6 Å². The molecule has 3 rings (SSSR count). The molecule has 0 unspecified atom stereocenters. The van der Waals surface area contributed by atoms with Crippen molar-refractivity contribution < 1.29 is 8.78 Å². The Morgan fingerprint density at radius 3 is 2.90 bits per heavy atom. The second-order valence-corrected chi connectivity index (χ2v) is 6.17. The van der Waals surface area contributed by atoms with Crippen LogP contribution in [0.15, 0.2) is 40.9 Å². The highest BCUT2D eigenvalue weighted by Gasteiger charge is 2.12. The summed E-state index contributed by atoms with van der Waals surface area (Å²) in [7, 11) is 0. The third-order valence-corrected chi connectivity index (χ3v) is 4.64. The van der Waals surface area contributed by atoms with Gasteiger partial charge in [0, 0.05) is 16.2 Å². The van der Waals surface area contributed by atoms with E-state index in [4.69, 9.17) is 0 Å². The summed E-state index contributed by atoms with van der Waals surface area (Å²) >= 11 is 2.89. The molecular weight excluding hydrogens is 314 g/mol. The normalized spacial score (nSPS) is 11.0. The van der Waals surface area contributed by atoms with E-state index in [1.165, 1.54) is 17.8 Å². The highest BCUT2D eigenvalue weighted by Crippen LogP contribution is 2.23. The summed E-state index contributed by atoms with van der Waals surface area (Å²) in [5, 5.41) is 14.0. The van der Waals surface area contributed by atoms with Crippen LogP contribution in [0.2, 0.25) is 0 Å². The monoisotopic (exact) mass is 324 g/mol. The second-order valence-electron chi connectivity index (χ2n) is 4.20. The lowest BCUT2D eigenvalue weighted by Crippen LogP contribution is -2.02. The Morgan fingerprint density at radius 2 is 2.10 bits per heavy atom. The van der Waals surface area contributed by atoms with E-state index in [0.29, 0.717) is 17.3 Å². The van der Waals surface area contributed by atoms with Gasteiger partial charge in [-0.15, -0.1) is 16.4 Å². The van der Waals surface area contributed by atoms with Crippen molar-refractivity contribution in [1.82, 2.24) is 20.2 Å². The third-order valence-electron chi connectivity index (χ3n) is 2.77. The number of rotatable bonds is 5. The van der Waals surface area contributed by atoms with Gasteiger partial charge in [0.05, 0.1) is 6.54 Å². The molecule has 0 saturated heterocycles. The van der Waals surface area contributed by atoms with Gasteiger partial charge in [-0.2, -0.15) is 0 Å². The van der Waals surface area contributed by atoms with Gasteiger partial charge in [-0.1, -0.05) is 30.0 Å². The summed E-state index contributed by atoms with van der Waals surface area (Å²) in [5.74, 6) is -1.39. The Balaban J connectivity index is 1.71. The summed E-state index contributed by atoms with van der Waals surface area (Å²) in [6, 6.07) is 8.10. The minimum atomic E-state index is -0.841. The fourth-order valence-electron chi connectivity index (χ4n) is 1.75. The summed E-state index contributed by atoms with van der Waals surface area (Å²) < 4.78 is 28.4. The van der Waals surface area contributed by atoms with E-state index in [-0.39, 0.29) is 5.75 Å². The largest absolute Gasteiger partial charge is 0.215 e. The number of aromatic nitrogens is 4. The number of nitrogens with zero attached hydrogens (tertiary/aromatic N) is 4. The van der Waals surface area contributed by atoms with E-state index >= 15 is 0 Å². The van der Waals surface area contributed by atoms with Crippen molar-refractivity contribution in [2.24, 2.45) is 0 Å². The molecule has 0 spiro atoms. The quantitative estimate of drug-likeness (QED) is 0.675. The van der Waals surface area contributed by atoms with Crippen LogP contribution in [0.3, 0.4) is 0 Å². The number of hydrogen-bond donors (Lipinski definition) is 0. The molecule has 108 valence electrons. The number of tetrazole rings is 1. The lowest BCUT2D eigenvalue weighted by Gasteiger charge is -2.04. The first-order valence-electron chi connectivity index (χ1n) is 6.08. The van der Waals surface area contributed by atoms with Crippen molar-refractivity contribution in [3.05, 3.63) is 57.8 Å². The molecule has 0 atom stereocenters. The minimum Gasteiger partial charge on any atom is -0.215 e. The Kier molecular flexibility index (Phi) is 4.26. The smallest absolute Gasteiger partial charge is 0.209 e. The number of halogens is 2. The molecular formula is C13H10F2N4S2. The first-order chi connectivity index (χ1) is 10.2. The molecule has 0 aliphatic heterocycles. The molecule has 4 nitrogen and oxygen atoms in total. The summed E-state index contributed by atoms with van der Waals surface area (Å²) in [4.78, 5) is 1.13. The van der Waals surface area contributed by atoms with Gasteiger partial charge in [0.1, 0.15) is 0 Å². The Bertz CT molecular complexity index is 728. The number of thiophene rings is 1. The molecule has 3 aromatic rings. The van der Waals surface area contributed by atoms with Crippen molar-refractivity contribution in [3.8, 4) is 0 Å². The first-order valence-corrected chi connectivity index (χ1v) is 7.95. The molecule has 0 fully saturated rings. The zero-order valence-corrected chi connectivity index (χ0v) is 12.4. The third kappa shape index (κ3) is 3.27. The Morgan fingerprint density at radius 1 is 1.19 bits per heavy atom. The van der Waals surface area contributed by atoms with E-state index in [1.54, 1.807) is 22.1 Å². The van der Waals surface area contributed by atoms with Crippen molar-refractivity contribution in [2.75, 3.05) is 0 Å². The van der Waals surface area contributed by atoms with Crippen molar-refractivity contribution in [1.29, 1.82) is 0 Å². The molecule has 21 heavy (non-hydrogen) atoms. The summed E-state index contributed by atoms with van der Waals surface area (Å²) in [6.07, 6.45) is 0. The lowest BCUT2D eigenvalue weighted by molar-refractivity contribution is 0.502. The summed E-state index contributed by atoms with van der Waals surface area (Å²) in [6.45, 7) is 0.568. The maximum absolute atomic E-state index is 13.6. The Hall–Kier alpha value is -1.80. The molecule has 0 bridgehead atoms. The molecule has 0 aliphatic rings. The van der Waals surface area contributed by atoms with Crippen LogP contribution < -0.4 is 0 Å². The SMILES string of the molecule is Fc1cccc(CSc2nnnn2Cc2cccs2)c1F. The van der Waals surface area contributed by atoms with Gasteiger partial charge >= 0.3 is 0 Å². The molecule has 0 aliphatic carbocycles. The van der Waals surface area contributed by atoms with Gasteiger partial charge in [0.15, 0.2) is 11.6 Å². The number of benzene rings is 1. The zero-order chi connectivity index (χ0) is 14.7.